The topological polar surface area (TPSA) is 8.17 Å². The molecule has 0 aliphatic heterocycles. The van der Waals surface area contributed by atoms with Crippen LogP contribution in [0.4, 0.5) is 17.1 Å². The van der Waals surface area contributed by atoms with Crippen LogP contribution in [0.2, 0.25) is 0 Å². The number of anilines is 3. The lowest BCUT2D eigenvalue weighted by Crippen LogP contribution is -2.34. The van der Waals surface area contributed by atoms with E-state index in [-0.39, 0.29) is 5.41 Å². The molecule has 3 aliphatic carbocycles. The summed E-state index contributed by atoms with van der Waals surface area (Å²) in [5.74, 6) is 3.31. The minimum atomic E-state index is 0.255. The highest BCUT2D eigenvalue weighted by Crippen LogP contribution is 2.65. The van der Waals surface area contributed by atoms with E-state index in [1.54, 1.807) is 0 Å². The van der Waals surface area contributed by atoms with Crippen LogP contribution in [-0.4, -0.2) is 4.57 Å². The Kier molecular flexibility index (Phi) is 9.24. The van der Waals surface area contributed by atoms with Crippen molar-refractivity contribution in [3.8, 4) is 39.1 Å². The summed E-state index contributed by atoms with van der Waals surface area (Å²) in [7, 11) is 0. The highest BCUT2D eigenvalue weighted by atomic mass is 15.1. The van der Waals surface area contributed by atoms with Crippen LogP contribution in [0.25, 0.3) is 71.6 Å². The van der Waals surface area contributed by atoms with E-state index in [9.17, 15) is 0 Å². The summed E-state index contributed by atoms with van der Waals surface area (Å²) in [6, 6.07) is 78.9. The van der Waals surface area contributed by atoms with E-state index in [2.05, 4.69) is 234 Å². The second-order valence-corrected chi connectivity index (χ2v) is 19.5. The number of nitrogens with zero attached hydrogens (tertiary/aromatic N) is 2. The molecular formula is C64H52N2. The molecule has 0 radical (unpaired) electrons. The van der Waals surface area contributed by atoms with Crippen LogP contribution in [0, 0.1) is 23.7 Å². The summed E-state index contributed by atoms with van der Waals surface area (Å²) < 4.78 is 2.44. The molecule has 0 amide bonds. The summed E-state index contributed by atoms with van der Waals surface area (Å²) in [6.07, 6.45) is 8.93. The van der Waals surface area contributed by atoms with Crippen molar-refractivity contribution in [3.05, 3.63) is 231 Å². The quantitative estimate of drug-likeness (QED) is 0.131. The molecule has 5 atom stereocenters. The fourth-order valence-corrected chi connectivity index (χ4v) is 12.8. The van der Waals surface area contributed by atoms with Crippen molar-refractivity contribution in [1.29, 1.82) is 0 Å². The fourth-order valence-electron chi connectivity index (χ4n) is 12.8. The molecule has 0 N–H and O–H groups in total. The number of para-hydroxylation sites is 3. The summed E-state index contributed by atoms with van der Waals surface area (Å²) in [4.78, 5) is 2.45. The number of hydrogen-bond acceptors (Lipinski definition) is 1. The third-order valence-electron chi connectivity index (χ3n) is 16.0. The molecule has 0 saturated heterocycles. The molecule has 2 nitrogen and oxygen atoms in total. The molecule has 10 aromatic rings. The van der Waals surface area contributed by atoms with Gasteiger partial charge in [-0.15, -0.1) is 6.58 Å². The molecule has 3 fully saturated rings. The Hall–Kier alpha value is -7.42. The molecule has 3 saturated carbocycles. The van der Waals surface area contributed by atoms with Gasteiger partial charge in [0, 0.05) is 33.4 Å². The van der Waals surface area contributed by atoms with E-state index in [1.807, 2.05) is 0 Å². The van der Waals surface area contributed by atoms with E-state index < -0.39 is 0 Å². The van der Waals surface area contributed by atoms with Crippen molar-refractivity contribution in [1.82, 2.24) is 4.57 Å². The first kappa shape index (κ1) is 39.0. The van der Waals surface area contributed by atoms with Crippen molar-refractivity contribution in [2.75, 3.05) is 4.90 Å². The van der Waals surface area contributed by atoms with Gasteiger partial charge in [0.05, 0.1) is 16.7 Å². The molecular weight excluding hydrogens is 797 g/mol. The first-order chi connectivity index (χ1) is 32.6. The van der Waals surface area contributed by atoms with Crippen LogP contribution in [0.15, 0.2) is 225 Å². The number of hydrogen-bond donors (Lipinski definition) is 0. The van der Waals surface area contributed by atoms with Gasteiger partial charge >= 0.3 is 0 Å². The number of benzene rings is 9. The van der Waals surface area contributed by atoms with Crippen LogP contribution in [0.1, 0.15) is 37.7 Å². The van der Waals surface area contributed by atoms with Gasteiger partial charge in [-0.2, -0.15) is 0 Å². The number of fused-ring (bicyclic) bond motifs is 5. The van der Waals surface area contributed by atoms with Crippen molar-refractivity contribution < 1.29 is 0 Å². The van der Waals surface area contributed by atoms with E-state index in [1.165, 1.54) is 115 Å². The van der Waals surface area contributed by atoms with Gasteiger partial charge in [0.1, 0.15) is 0 Å². The third-order valence-corrected chi connectivity index (χ3v) is 16.0. The maximum atomic E-state index is 4.31. The molecule has 9 aromatic carbocycles. The molecule has 66 heavy (non-hydrogen) atoms. The van der Waals surface area contributed by atoms with Gasteiger partial charge in [0.15, 0.2) is 0 Å². The molecule has 2 heteroatoms. The molecule has 13 rings (SSSR count). The van der Waals surface area contributed by atoms with Crippen LogP contribution >= 0.6 is 0 Å². The molecule has 318 valence electrons. The number of rotatable bonds is 9. The van der Waals surface area contributed by atoms with E-state index >= 15 is 0 Å². The Balaban J connectivity index is 0.887. The van der Waals surface area contributed by atoms with Crippen LogP contribution < -0.4 is 4.90 Å². The predicted molar refractivity (Wildman–Crippen MR) is 278 cm³/mol. The van der Waals surface area contributed by atoms with Gasteiger partial charge in [-0.3, -0.25) is 0 Å². The SMILES string of the molecule is C=C[C@H]1C[C@H]2C[C@H]3CC(c4ccc(N(c5ccc(-c6ccc(-c7ccc8ccccc8c7)cc6)cc5)c5cccc(-c6ccccc6-n6c7ccccc7c7ccccc76)c5)cc4)(CC23)C1. The summed E-state index contributed by atoms with van der Waals surface area (Å²) in [5, 5.41) is 5.07. The second kappa shape index (κ2) is 15.6. The van der Waals surface area contributed by atoms with Crippen molar-refractivity contribution in [2.45, 2.75) is 37.5 Å². The summed E-state index contributed by atoms with van der Waals surface area (Å²) >= 11 is 0. The standard InChI is InChI=1S/C64H52N2/c1-2-43-36-51-38-52-41-64(40-43,42-60(51)52)53-30-34-55(35-31-53)65(54-32-28-46(29-33-54)45-22-24-47(25-23-45)49-27-26-44-12-3-4-13-48(44)37-49)56-15-11-14-50(39-56)57-16-5-8-19-61(57)66-62-20-9-6-17-58(62)59-18-7-10-21-63(59)66/h2-35,37,39,43,51-52,60H,1,36,38,40-42H2/t43-,51-,52-,60?,64?/m0/s1. The lowest BCUT2D eigenvalue weighted by Gasteiger charge is -2.43. The normalized spacial score (nSPS) is 20.8. The predicted octanol–water partition coefficient (Wildman–Crippen LogP) is 17.3. The molecule has 2 bridgehead atoms. The maximum Gasteiger partial charge on any atom is 0.0541 e. The Morgan fingerprint density at radius 2 is 1.06 bits per heavy atom. The van der Waals surface area contributed by atoms with Gasteiger partial charge < -0.3 is 9.47 Å². The zero-order valence-electron chi connectivity index (χ0n) is 37.2. The van der Waals surface area contributed by atoms with Gasteiger partial charge in [0.2, 0.25) is 0 Å². The van der Waals surface area contributed by atoms with Gasteiger partial charge in [-0.1, -0.05) is 158 Å². The van der Waals surface area contributed by atoms with Crippen LogP contribution in [-0.2, 0) is 5.41 Å². The first-order valence-electron chi connectivity index (χ1n) is 24.0. The lowest BCUT2D eigenvalue weighted by molar-refractivity contribution is 0.0822. The minimum Gasteiger partial charge on any atom is -0.310 e. The molecule has 2 unspecified atom stereocenters. The van der Waals surface area contributed by atoms with E-state index in [0.717, 1.165) is 29.1 Å². The van der Waals surface area contributed by atoms with Crippen LogP contribution in [0.3, 0.4) is 0 Å². The average molecular weight is 849 g/mol. The fraction of sp³-hybridized carbons (Fsp3) is 0.156. The molecule has 1 aromatic heterocycles. The Morgan fingerprint density at radius 3 is 1.79 bits per heavy atom. The largest absolute Gasteiger partial charge is 0.310 e. The Labute approximate surface area is 388 Å². The second-order valence-electron chi connectivity index (χ2n) is 19.5. The number of allylic oxidation sites excluding steroid dienone is 1. The zero-order chi connectivity index (χ0) is 43.8. The lowest BCUT2D eigenvalue weighted by atomic mass is 9.62. The highest BCUT2D eigenvalue weighted by molar-refractivity contribution is 6.09. The zero-order valence-corrected chi connectivity index (χ0v) is 37.2. The van der Waals surface area contributed by atoms with Gasteiger partial charge in [0.25, 0.3) is 0 Å². The van der Waals surface area contributed by atoms with Crippen molar-refractivity contribution in [2.24, 2.45) is 23.7 Å². The molecule has 1 heterocycles. The molecule has 0 spiro atoms. The number of aromatic nitrogens is 1. The average Bonchev–Trinajstić information content (AvgIpc) is 3.82. The highest BCUT2D eigenvalue weighted by Gasteiger charge is 2.57. The smallest absolute Gasteiger partial charge is 0.0541 e. The minimum absolute atomic E-state index is 0.255. The molecule has 3 aliphatic rings. The van der Waals surface area contributed by atoms with Gasteiger partial charge in [-0.25, -0.2) is 0 Å². The van der Waals surface area contributed by atoms with Gasteiger partial charge in [-0.05, 0) is 166 Å². The van der Waals surface area contributed by atoms with E-state index in [4.69, 9.17) is 0 Å². The Morgan fingerprint density at radius 1 is 0.455 bits per heavy atom. The monoisotopic (exact) mass is 848 g/mol. The summed E-state index contributed by atoms with van der Waals surface area (Å²) in [5.41, 5.74) is 16.1. The summed E-state index contributed by atoms with van der Waals surface area (Å²) in [6.45, 7) is 4.31. The van der Waals surface area contributed by atoms with Crippen LogP contribution in [0.5, 0.6) is 0 Å². The maximum absolute atomic E-state index is 4.31. The Bertz CT molecular complexity index is 3390. The van der Waals surface area contributed by atoms with Crippen molar-refractivity contribution >= 4 is 49.6 Å². The third kappa shape index (κ3) is 6.45. The van der Waals surface area contributed by atoms with Crippen molar-refractivity contribution in [3.63, 3.8) is 0 Å². The van der Waals surface area contributed by atoms with E-state index in [0.29, 0.717) is 5.92 Å². The first-order valence-corrected chi connectivity index (χ1v) is 24.0.